The zero-order valence-corrected chi connectivity index (χ0v) is 11.2. The molecule has 0 aliphatic carbocycles. The summed E-state index contributed by atoms with van der Waals surface area (Å²) >= 11 is 0. The Morgan fingerprint density at radius 2 is 2.00 bits per heavy atom. The molecule has 0 saturated carbocycles. The summed E-state index contributed by atoms with van der Waals surface area (Å²) in [6.45, 7) is 2.89. The van der Waals surface area contributed by atoms with Gasteiger partial charge in [0, 0.05) is 19.6 Å². The summed E-state index contributed by atoms with van der Waals surface area (Å²) in [4.78, 5) is 12.4. The number of carbonyl (C=O) groups is 1. The van der Waals surface area contributed by atoms with E-state index in [1.165, 1.54) is 24.8 Å². The summed E-state index contributed by atoms with van der Waals surface area (Å²) in [6, 6.07) is 6.01. The zero-order chi connectivity index (χ0) is 13.1. The van der Waals surface area contributed by atoms with Gasteiger partial charge in [0.05, 0.1) is 11.3 Å². The average molecular weight is 259 g/mol. The maximum absolute atomic E-state index is 12.4. The Morgan fingerprint density at radius 3 is 2.84 bits per heavy atom. The standard InChI is InChI=1S/C15H21N3O/c19-15(17-18-10-2-1-3-11-18)13-8-4-6-12-7-5-9-16-14(12)13/h4,6,8,16H,1-3,5,7,9-11H2,(H,17,19). The van der Waals surface area contributed by atoms with Crippen LogP contribution in [0.15, 0.2) is 18.2 Å². The first-order valence-corrected chi connectivity index (χ1v) is 7.26. The molecular formula is C15H21N3O. The number of para-hydroxylation sites is 1. The molecule has 3 rings (SSSR count). The Bertz CT molecular complexity index is 466. The molecule has 102 valence electrons. The van der Waals surface area contributed by atoms with E-state index in [-0.39, 0.29) is 5.91 Å². The van der Waals surface area contributed by atoms with Crippen molar-refractivity contribution in [2.75, 3.05) is 25.0 Å². The van der Waals surface area contributed by atoms with E-state index in [1.807, 2.05) is 17.1 Å². The number of amides is 1. The van der Waals surface area contributed by atoms with Crippen LogP contribution >= 0.6 is 0 Å². The largest absolute Gasteiger partial charge is 0.384 e. The quantitative estimate of drug-likeness (QED) is 0.855. The number of hydrogen-bond acceptors (Lipinski definition) is 3. The van der Waals surface area contributed by atoms with Crippen LogP contribution in [-0.2, 0) is 6.42 Å². The molecule has 2 N–H and O–H groups in total. The van der Waals surface area contributed by atoms with E-state index in [4.69, 9.17) is 0 Å². The Balaban J connectivity index is 1.75. The fourth-order valence-electron chi connectivity index (χ4n) is 2.91. The SMILES string of the molecule is O=C(NN1CCCCC1)c1cccc2c1NCCC2. The van der Waals surface area contributed by atoms with Crippen molar-refractivity contribution in [3.8, 4) is 0 Å². The van der Waals surface area contributed by atoms with E-state index in [0.717, 1.165) is 43.7 Å². The van der Waals surface area contributed by atoms with Crippen molar-refractivity contribution in [2.45, 2.75) is 32.1 Å². The van der Waals surface area contributed by atoms with Crippen molar-refractivity contribution < 1.29 is 4.79 Å². The Morgan fingerprint density at radius 1 is 1.16 bits per heavy atom. The number of carbonyl (C=O) groups excluding carboxylic acids is 1. The number of anilines is 1. The highest BCUT2D eigenvalue weighted by Crippen LogP contribution is 2.26. The average Bonchev–Trinajstić information content (AvgIpc) is 2.47. The number of piperidine rings is 1. The van der Waals surface area contributed by atoms with Crippen molar-refractivity contribution >= 4 is 11.6 Å². The van der Waals surface area contributed by atoms with Gasteiger partial charge in [-0.05, 0) is 37.3 Å². The van der Waals surface area contributed by atoms with Crippen molar-refractivity contribution in [1.82, 2.24) is 10.4 Å². The van der Waals surface area contributed by atoms with Crippen LogP contribution in [0.5, 0.6) is 0 Å². The molecule has 19 heavy (non-hydrogen) atoms. The first kappa shape index (κ1) is 12.5. The van der Waals surface area contributed by atoms with Gasteiger partial charge in [-0.25, -0.2) is 5.01 Å². The van der Waals surface area contributed by atoms with Crippen molar-refractivity contribution in [3.05, 3.63) is 29.3 Å². The molecule has 4 nitrogen and oxygen atoms in total. The molecule has 1 amide bonds. The number of nitrogens with one attached hydrogen (secondary N) is 2. The van der Waals surface area contributed by atoms with Gasteiger partial charge in [0.15, 0.2) is 0 Å². The van der Waals surface area contributed by atoms with E-state index in [2.05, 4.69) is 16.8 Å². The van der Waals surface area contributed by atoms with Gasteiger partial charge < -0.3 is 5.32 Å². The van der Waals surface area contributed by atoms with Gasteiger partial charge in [0.25, 0.3) is 5.91 Å². The maximum atomic E-state index is 12.4. The third-order valence-corrected chi connectivity index (χ3v) is 3.94. The van der Waals surface area contributed by atoms with Crippen LogP contribution in [0.4, 0.5) is 5.69 Å². The minimum Gasteiger partial charge on any atom is -0.384 e. The van der Waals surface area contributed by atoms with Crippen LogP contribution in [0.25, 0.3) is 0 Å². The smallest absolute Gasteiger partial charge is 0.267 e. The topological polar surface area (TPSA) is 44.4 Å². The van der Waals surface area contributed by atoms with Crippen LogP contribution in [0, 0.1) is 0 Å². The van der Waals surface area contributed by atoms with Gasteiger partial charge >= 0.3 is 0 Å². The van der Waals surface area contributed by atoms with E-state index >= 15 is 0 Å². The number of hydrazine groups is 1. The third kappa shape index (κ3) is 2.73. The number of aryl methyl sites for hydroxylation is 1. The highest BCUT2D eigenvalue weighted by molar-refractivity contribution is 6.00. The van der Waals surface area contributed by atoms with Crippen molar-refractivity contribution in [1.29, 1.82) is 0 Å². The molecule has 1 aromatic carbocycles. The molecule has 1 fully saturated rings. The second kappa shape index (κ2) is 5.61. The van der Waals surface area contributed by atoms with Crippen LogP contribution in [-0.4, -0.2) is 30.6 Å². The van der Waals surface area contributed by atoms with Gasteiger partial charge in [0.2, 0.25) is 0 Å². The molecule has 2 aliphatic heterocycles. The van der Waals surface area contributed by atoms with Gasteiger partial charge in [0.1, 0.15) is 0 Å². The van der Waals surface area contributed by atoms with Crippen LogP contribution in [0.3, 0.4) is 0 Å². The third-order valence-electron chi connectivity index (χ3n) is 3.94. The maximum Gasteiger partial charge on any atom is 0.267 e. The summed E-state index contributed by atoms with van der Waals surface area (Å²) in [5.74, 6) is 0.0214. The molecule has 1 saturated heterocycles. The molecule has 0 radical (unpaired) electrons. The minimum absolute atomic E-state index is 0.0214. The molecule has 0 spiro atoms. The first-order valence-electron chi connectivity index (χ1n) is 7.26. The number of nitrogens with zero attached hydrogens (tertiary/aromatic N) is 1. The molecule has 0 atom stereocenters. The van der Waals surface area contributed by atoms with Crippen molar-refractivity contribution in [3.63, 3.8) is 0 Å². The summed E-state index contributed by atoms with van der Waals surface area (Å²) in [6.07, 6.45) is 5.82. The van der Waals surface area contributed by atoms with E-state index < -0.39 is 0 Å². The lowest BCUT2D eigenvalue weighted by Gasteiger charge is -2.28. The molecule has 0 aromatic heterocycles. The van der Waals surface area contributed by atoms with E-state index in [0.29, 0.717) is 0 Å². The summed E-state index contributed by atoms with van der Waals surface area (Å²) < 4.78 is 0. The number of benzene rings is 1. The molecule has 1 aromatic rings. The van der Waals surface area contributed by atoms with Gasteiger partial charge in [-0.2, -0.15) is 0 Å². The molecule has 4 heteroatoms. The predicted octanol–water partition coefficient (Wildman–Crippen LogP) is 2.18. The zero-order valence-electron chi connectivity index (χ0n) is 11.2. The van der Waals surface area contributed by atoms with Crippen LogP contribution in [0.2, 0.25) is 0 Å². The summed E-state index contributed by atoms with van der Waals surface area (Å²) in [7, 11) is 0. The highest BCUT2D eigenvalue weighted by atomic mass is 16.2. The minimum atomic E-state index is 0.0214. The normalized spacial score (nSPS) is 19.4. The van der Waals surface area contributed by atoms with E-state index in [9.17, 15) is 4.79 Å². The van der Waals surface area contributed by atoms with Crippen LogP contribution in [0.1, 0.15) is 41.6 Å². The fraction of sp³-hybridized carbons (Fsp3) is 0.533. The van der Waals surface area contributed by atoms with Gasteiger partial charge in [-0.15, -0.1) is 0 Å². The van der Waals surface area contributed by atoms with E-state index in [1.54, 1.807) is 0 Å². The number of fused-ring (bicyclic) bond motifs is 1. The lowest BCUT2D eigenvalue weighted by Crippen LogP contribution is -2.45. The Labute approximate surface area is 114 Å². The predicted molar refractivity (Wildman–Crippen MR) is 76.1 cm³/mol. The summed E-state index contributed by atoms with van der Waals surface area (Å²) in [5.41, 5.74) is 6.11. The Hall–Kier alpha value is -1.55. The monoisotopic (exact) mass is 259 g/mol. The lowest BCUT2D eigenvalue weighted by atomic mass is 9.99. The lowest BCUT2D eigenvalue weighted by molar-refractivity contribution is 0.0751. The van der Waals surface area contributed by atoms with Gasteiger partial charge in [-0.3, -0.25) is 10.2 Å². The summed E-state index contributed by atoms with van der Waals surface area (Å²) in [5, 5.41) is 5.42. The van der Waals surface area contributed by atoms with Crippen molar-refractivity contribution in [2.24, 2.45) is 0 Å². The Kier molecular flexibility index (Phi) is 3.69. The highest BCUT2D eigenvalue weighted by Gasteiger charge is 2.19. The molecule has 0 unspecified atom stereocenters. The van der Waals surface area contributed by atoms with Gasteiger partial charge in [-0.1, -0.05) is 18.6 Å². The molecule has 0 bridgehead atoms. The first-order chi connectivity index (χ1) is 9.34. The number of rotatable bonds is 2. The molecular weight excluding hydrogens is 238 g/mol. The second-order valence-electron chi connectivity index (χ2n) is 5.36. The second-order valence-corrected chi connectivity index (χ2v) is 5.36. The number of hydrogen-bond donors (Lipinski definition) is 2. The molecule has 2 heterocycles. The molecule has 2 aliphatic rings. The van der Waals surface area contributed by atoms with Crippen LogP contribution < -0.4 is 10.7 Å². The fourth-order valence-corrected chi connectivity index (χ4v) is 2.91.